The monoisotopic (exact) mass is 443 g/mol. The predicted octanol–water partition coefficient (Wildman–Crippen LogP) is 3.71. The number of hydrogen-bond acceptors (Lipinski definition) is 6. The molecule has 31 heavy (non-hydrogen) atoms. The number of halogens is 1. The SMILES string of the molecule is CCNC(=NCc1ccc(OC)c(OC)c1)NCCc1nc(-c2cccc(Cl)c2)no1. The molecular weight excluding hydrogens is 418 g/mol. The summed E-state index contributed by atoms with van der Waals surface area (Å²) in [6.07, 6.45) is 0.564. The van der Waals surface area contributed by atoms with Gasteiger partial charge in [0.2, 0.25) is 11.7 Å². The Morgan fingerprint density at radius 3 is 2.68 bits per heavy atom. The van der Waals surface area contributed by atoms with Gasteiger partial charge >= 0.3 is 0 Å². The van der Waals surface area contributed by atoms with Crippen LogP contribution in [0.3, 0.4) is 0 Å². The summed E-state index contributed by atoms with van der Waals surface area (Å²) in [5, 5.41) is 11.2. The van der Waals surface area contributed by atoms with E-state index >= 15 is 0 Å². The smallest absolute Gasteiger partial charge is 0.228 e. The Balaban J connectivity index is 1.57. The molecule has 3 rings (SSSR count). The van der Waals surface area contributed by atoms with Crippen LogP contribution >= 0.6 is 11.6 Å². The summed E-state index contributed by atoms with van der Waals surface area (Å²) in [5.74, 6) is 3.13. The molecule has 0 bridgehead atoms. The fraction of sp³-hybridized carbons (Fsp3) is 0.318. The summed E-state index contributed by atoms with van der Waals surface area (Å²) in [5.41, 5.74) is 1.83. The quantitative estimate of drug-likeness (QED) is 0.384. The van der Waals surface area contributed by atoms with Crippen molar-refractivity contribution in [1.82, 2.24) is 20.8 Å². The Morgan fingerprint density at radius 1 is 1.10 bits per heavy atom. The second-order valence-electron chi connectivity index (χ2n) is 6.58. The van der Waals surface area contributed by atoms with Gasteiger partial charge in [-0.25, -0.2) is 4.99 Å². The Kier molecular flexibility index (Phi) is 8.12. The average molecular weight is 444 g/mol. The standard InChI is InChI=1S/C22H26ClN5O3/c1-4-24-22(26-14-15-8-9-18(29-2)19(12-15)30-3)25-11-10-20-27-21(28-31-20)16-6-5-7-17(23)13-16/h5-9,12-13H,4,10-11,14H2,1-3H3,(H2,24,25,26). The van der Waals surface area contributed by atoms with Gasteiger partial charge in [0.1, 0.15) is 0 Å². The van der Waals surface area contributed by atoms with Crippen molar-refractivity contribution in [1.29, 1.82) is 0 Å². The van der Waals surface area contributed by atoms with Gasteiger partial charge in [-0.1, -0.05) is 35.0 Å². The molecule has 0 unspecified atom stereocenters. The van der Waals surface area contributed by atoms with Gasteiger partial charge in [0.05, 0.1) is 20.8 Å². The minimum absolute atomic E-state index is 0.495. The van der Waals surface area contributed by atoms with Crippen molar-refractivity contribution < 1.29 is 14.0 Å². The summed E-state index contributed by atoms with van der Waals surface area (Å²) >= 11 is 6.03. The largest absolute Gasteiger partial charge is 0.493 e. The molecule has 1 aromatic heterocycles. The topological polar surface area (TPSA) is 93.8 Å². The first-order chi connectivity index (χ1) is 15.1. The van der Waals surface area contributed by atoms with Crippen LogP contribution in [0.2, 0.25) is 5.02 Å². The summed E-state index contributed by atoms with van der Waals surface area (Å²) in [6, 6.07) is 13.1. The molecular formula is C22H26ClN5O3. The van der Waals surface area contributed by atoms with Crippen molar-refractivity contribution in [2.24, 2.45) is 4.99 Å². The van der Waals surface area contributed by atoms with Gasteiger partial charge in [-0.3, -0.25) is 0 Å². The third-order valence-electron chi connectivity index (χ3n) is 4.39. The molecule has 0 radical (unpaired) electrons. The fourth-order valence-electron chi connectivity index (χ4n) is 2.88. The summed E-state index contributed by atoms with van der Waals surface area (Å²) in [6.45, 7) is 3.85. The molecule has 0 fully saturated rings. The third kappa shape index (κ3) is 6.36. The minimum atomic E-state index is 0.495. The van der Waals surface area contributed by atoms with Crippen LogP contribution in [-0.2, 0) is 13.0 Å². The highest BCUT2D eigenvalue weighted by Crippen LogP contribution is 2.27. The molecule has 2 aromatic carbocycles. The van der Waals surface area contributed by atoms with Gasteiger partial charge in [-0.15, -0.1) is 0 Å². The summed E-state index contributed by atoms with van der Waals surface area (Å²) < 4.78 is 16.0. The molecule has 0 aliphatic rings. The Labute approximate surface area is 186 Å². The maximum absolute atomic E-state index is 6.03. The number of nitrogens with one attached hydrogen (secondary N) is 2. The van der Waals surface area contributed by atoms with E-state index in [1.165, 1.54) is 0 Å². The molecule has 0 saturated heterocycles. The second-order valence-corrected chi connectivity index (χ2v) is 7.02. The number of hydrogen-bond donors (Lipinski definition) is 2. The van der Waals surface area contributed by atoms with E-state index in [2.05, 4.69) is 25.8 Å². The lowest BCUT2D eigenvalue weighted by atomic mass is 10.2. The Bertz CT molecular complexity index is 1020. The van der Waals surface area contributed by atoms with Crippen LogP contribution in [0.15, 0.2) is 52.0 Å². The third-order valence-corrected chi connectivity index (χ3v) is 4.63. The molecule has 0 atom stereocenters. The summed E-state index contributed by atoms with van der Waals surface area (Å²) in [7, 11) is 3.23. The fourth-order valence-corrected chi connectivity index (χ4v) is 3.07. The highest BCUT2D eigenvalue weighted by Gasteiger charge is 2.09. The molecule has 2 N–H and O–H groups in total. The number of aliphatic imine (C=N–C) groups is 1. The van der Waals surface area contributed by atoms with Gasteiger partial charge in [0.25, 0.3) is 0 Å². The highest BCUT2D eigenvalue weighted by molar-refractivity contribution is 6.30. The second kappa shape index (κ2) is 11.2. The Morgan fingerprint density at radius 2 is 1.94 bits per heavy atom. The number of benzene rings is 2. The van der Waals surface area contributed by atoms with Crippen LogP contribution in [0.25, 0.3) is 11.4 Å². The van der Waals surface area contributed by atoms with E-state index < -0.39 is 0 Å². The molecule has 9 heteroatoms. The number of rotatable bonds is 9. The lowest BCUT2D eigenvalue weighted by molar-refractivity contribution is 0.354. The lowest BCUT2D eigenvalue weighted by Crippen LogP contribution is -2.38. The molecule has 0 spiro atoms. The molecule has 8 nitrogen and oxygen atoms in total. The van der Waals surface area contributed by atoms with Crippen LogP contribution in [0.5, 0.6) is 11.5 Å². The minimum Gasteiger partial charge on any atom is -0.493 e. The van der Waals surface area contributed by atoms with Crippen LogP contribution in [0.4, 0.5) is 0 Å². The molecule has 0 amide bonds. The molecule has 3 aromatic rings. The van der Waals surface area contributed by atoms with Crippen molar-refractivity contribution >= 4 is 17.6 Å². The van der Waals surface area contributed by atoms with E-state index in [1.54, 1.807) is 26.4 Å². The van der Waals surface area contributed by atoms with E-state index in [4.69, 9.17) is 25.6 Å². The van der Waals surface area contributed by atoms with Crippen molar-refractivity contribution in [3.05, 3.63) is 58.9 Å². The maximum Gasteiger partial charge on any atom is 0.228 e. The predicted molar refractivity (Wildman–Crippen MR) is 121 cm³/mol. The number of guanidine groups is 1. The zero-order valence-corrected chi connectivity index (χ0v) is 18.6. The van der Waals surface area contributed by atoms with Crippen LogP contribution in [0.1, 0.15) is 18.4 Å². The average Bonchev–Trinajstić information content (AvgIpc) is 3.26. The number of ether oxygens (including phenoxy) is 2. The molecule has 0 saturated carbocycles. The highest BCUT2D eigenvalue weighted by atomic mass is 35.5. The van der Waals surface area contributed by atoms with E-state index in [1.807, 2.05) is 37.3 Å². The van der Waals surface area contributed by atoms with E-state index in [0.717, 1.165) is 17.7 Å². The summed E-state index contributed by atoms with van der Waals surface area (Å²) in [4.78, 5) is 9.06. The number of methoxy groups -OCH3 is 2. The number of aromatic nitrogens is 2. The first-order valence-electron chi connectivity index (χ1n) is 9.94. The van der Waals surface area contributed by atoms with Crippen LogP contribution < -0.4 is 20.1 Å². The van der Waals surface area contributed by atoms with Crippen molar-refractivity contribution in [2.45, 2.75) is 19.9 Å². The molecule has 0 aliphatic heterocycles. The van der Waals surface area contributed by atoms with Crippen molar-refractivity contribution in [2.75, 3.05) is 27.3 Å². The maximum atomic E-state index is 6.03. The Hall–Kier alpha value is -3.26. The number of nitrogens with zero attached hydrogens (tertiary/aromatic N) is 3. The van der Waals surface area contributed by atoms with Crippen molar-refractivity contribution in [3.63, 3.8) is 0 Å². The van der Waals surface area contributed by atoms with Crippen molar-refractivity contribution in [3.8, 4) is 22.9 Å². The van der Waals surface area contributed by atoms with Gasteiger partial charge in [-0.05, 0) is 36.8 Å². The molecule has 0 aliphatic carbocycles. The van der Waals surface area contributed by atoms with Gasteiger partial charge in [0, 0.05) is 30.1 Å². The van der Waals surface area contributed by atoms with Gasteiger partial charge in [-0.2, -0.15) is 4.98 Å². The van der Waals surface area contributed by atoms with E-state index in [9.17, 15) is 0 Å². The first-order valence-corrected chi connectivity index (χ1v) is 10.3. The van der Waals surface area contributed by atoms with Crippen LogP contribution in [0, 0.1) is 0 Å². The van der Waals surface area contributed by atoms with Crippen LogP contribution in [-0.4, -0.2) is 43.4 Å². The zero-order chi connectivity index (χ0) is 22.1. The molecule has 1 heterocycles. The van der Waals surface area contributed by atoms with E-state index in [0.29, 0.717) is 53.7 Å². The first kappa shape index (κ1) is 22.4. The van der Waals surface area contributed by atoms with Gasteiger partial charge < -0.3 is 24.6 Å². The normalized spacial score (nSPS) is 11.3. The lowest BCUT2D eigenvalue weighted by Gasteiger charge is -2.11. The zero-order valence-electron chi connectivity index (χ0n) is 17.8. The van der Waals surface area contributed by atoms with Gasteiger partial charge in [0.15, 0.2) is 17.5 Å². The molecule has 164 valence electrons. The van der Waals surface area contributed by atoms with E-state index in [-0.39, 0.29) is 0 Å².